The molecule has 5 heteroatoms. The van der Waals surface area contributed by atoms with Crippen molar-refractivity contribution in [2.24, 2.45) is 0 Å². The standard InChI is InChI=1S/C18H27NO4/c1-5-23-18(20)15-8-6-7-11-19(15)12-14-9-10-16(21-3)13(2)17(14)22-4/h9-10,15H,5-8,11-12H2,1-4H3/t15-/m1/s1. The summed E-state index contributed by atoms with van der Waals surface area (Å²) in [5, 5.41) is 0. The van der Waals surface area contributed by atoms with Gasteiger partial charge in [0.25, 0.3) is 0 Å². The van der Waals surface area contributed by atoms with Gasteiger partial charge < -0.3 is 14.2 Å². The summed E-state index contributed by atoms with van der Waals surface area (Å²) in [5.41, 5.74) is 2.05. The number of carbonyl (C=O) groups excluding carboxylic acids is 1. The van der Waals surface area contributed by atoms with Crippen LogP contribution in [-0.4, -0.2) is 44.3 Å². The highest BCUT2D eigenvalue weighted by Crippen LogP contribution is 2.33. The maximum atomic E-state index is 12.2. The van der Waals surface area contributed by atoms with Gasteiger partial charge in [0.2, 0.25) is 0 Å². The second kappa shape index (κ2) is 8.20. The summed E-state index contributed by atoms with van der Waals surface area (Å²) >= 11 is 0. The van der Waals surface area contributed by atoms with Crippen molar-refractivity contribution < 1.29 is 19.0 Å². The molecule has 1 aromatic rings. The minimum Gasteiger partial charge on any atom is -0.496 e. The summed E-state index contributed by atoms with van der Waals surface area (Å²) < 4.78 is 16.2. The van der Waals surface area contributed by atoms with Crippen molar-refractivity contribution in [2.75, 3.05) is 27.4 Å². The van der Waals surface area contributed by atoms with Gasteiger partial charge in [0, 0.05) is 17.7 Å². The quantitative estimate of drug-likeness (QED) is 0.754. The lowest BCUT2D eigenvalue weighted by atomic mass is 10.00. The van der Waals surface area contributed by atoms with Crippen molar-refractivity contribution in [3.05, 3.63) is 23.3 Å². The fraction of sp³-hybridized carbons (Fsp3) is 0.611. The predicted octanol–water partition coefficient (Wildman–Crippen LogP) is 2.93. The number of nitrogens with zero attached hydrogens (tertiary/aromatic N) is 1. The Morgan fingerprint density at radius 3 is 2.70 bits per heavy atom. The van der Waals surface area contributed by atoms with Gasteiger partial charge in [-0.05, 0) is 39.3 Å². The number of esters is 1. The summed E-state index contributed by atoms with van der Waals surface area (Å²) in [4.78, 5) is 14.4. The highest BCUT2D eigenvalue weighted by atomic mass is 16.5. The number of piperidine rings is 1. The lowest BCUT2D eigenvalue weighted by Crippen LogP contribution is -2.45. The van der Waals surface area contributed by atoms with Crippen LogP contribution in [-0.2, 0) is 16.1 Å². The van der Waals surface area contributed by atoms with E-state index in [4.69, 9.17) is 14.2 Å². The van der Waals surface area contributed by atoms with Gasteiger partial charge in [-0.3, -0.25) is 9.69 Å². The van der Waals surface area contributed by atoms with Gasteiger partial charge in [0.05, 0.1) is 20.8 Å². The number of likely N-dealkylation sites (tertiary alicyclic amines) is 1. The summed E-state index contributed by atoms with van der Waals surface area (Å²) in [5.74, 6) is 1.53. The Kier molecular flexibility index (Phi) is 6.28. The van der Waals surface area contributed by atoms with Gasteiger partial charge in [0.1, 0.15) is 17.5 Å². The molecule has 0 spiro atoms. The van der Waals surface area contributed by atoms with E-state index in [1.54, 1.807) is 14.2 Å². The Morgan fingerprint density at radius 2 is 2.04 bits per heavy atom. The summed E-state index contributed by atoms with van der Waals surface area (Å²) in [6.07, 6.45) is 3.03. The van der Waals surface area contributed by atoms with Gasteiger partial charge in [-0.2, -0.15) is 0 Å². The lowest BCUT2D eigenvalue weighted by Gasteiger charge is -2.34. The fourth-order valence-electron chi connectivity index (χ4n) is 3.26. The third-order valence-corrected chi connectivity index (χ3v) is 4.41. The molecule has 0 amide bonds. The van der Waals surface area contributed by atoms with Crippen molar-refractivity contribution in [3.63, 3.8) is 0 Å². The molecule has 1 aliphatic heterocycles. The van der Waals surface area contributed by atoms with Crippen LogP contribution >= 0.6 is 0 Å². The first-order valence-electron chi connectivity index (χ1n) is 8.23. The van der Waals surface area contributed by atoms with Crippen LogP contribution in [0.3, 0.4) is 0 Å². The van der Waals surface area contributed by atoms with Crippen molar-refractivity contribution in [1.82, 2.24) is 4.90 Å². The van der Waals surface area contributed by atoms with E-state index in [-0.39, 0.29) is 12.0 Å². The zero-order valence-corrected chi connectivity index (χ0v) is 14.6. The molecule has 5 nitrogen and oxygen atoms in total. The van der Waals surface area contributed by atoms with E-state index in [9.17, 15) is 4.79 Å². The molecule has 1 atom stereocenters. The molecule has 0 unspecified atom stereocenters. The number of carbonyl (C=O) groups is 1. The van der Waals surface area contributed by atoms with Gasteiger partial charge in [-0.25, -0.2) is 0 Å². The normalized spacial score (nSPS) is 18.5. The molecular formula is C18H27NO4. The third-order valence-electron chi connectivity index (χ3n) is 4.41. The monoisotopic (exact) mass is 321 g/mol. The lowest BCUT2D eigenvalue weighted by molar-refractivity contribution is -0.151. The molecule has 0 radical (unpaired) electrons. The van der Waals surface area contributed by atoms with E-state index >= 15 is 0 Å². The Balaban J connectivity index is 2.22. The van der Waals surface area contributed by atoms with Gasteiger partial charge in [-0.1, -0.05) is 12.5 Å². The van der Waals surface area contributed by atoms with Crippen LogP contribution < -0.4 is 9.47 Å². The van der Waals surface area contributed by atoms with Crippen molar-refractivity contribution in [2.45, 2.75) is 45.7 Å². The van der Waals surface area contributed by atoms with E-state index in [0.29, 0.717) is 13.2 Å². The minimum atomic E-state index is -0.157. The second-order valence-electron chi connectivity index (χ2n) is 5.82. The summed E-state index contributed by atoms with van der Waals surface area (Å²) in [6, 6.07) is 3.81. The fourth-order valence-corrected chi connectivity index (χ4v) is 3.26. The van der Waals surface area contributed by atoms with E-state index < -0.39 is 0 Å². The van der Waals surface area contributed by atoms with Crippen molar-refractivity contribution in [3.8, 4) is 11.5 Å². The molecular weight excluding hydrogens is 294 g/mol. The average molecular weight is 321 g/mol. The molecule has 128 valence electrons. The van der Waals surface area contributed by atoms with Gasteiger partial charge in [0.15, 0.2) is 0 Å². The van der Waals surface area contributed by atoms with Crippen LogP contribution in [0.25, 0.3) is 0 Å². The zero-order chi connectivity index (χ0) is 16.8. The van der Waals surface area contributed by atoms with E-state index in [2.05, 4.69) is 4.90 Å². The number of rotatable bonds is 6. The van der Waals surface area contributed by atoms with Crippen LogP contribution in [0.5, 0.6) is 11.5 Å². The van der Waals surface area contributed by atoms with Gasteiger partial charge >= 0.3 is 5.97 Å². The molecule has 1 aromatic carbocycles. The first-order valence-corrected chi connectivity index (χ1v) is 8.23. The predicted molar refractivity (Wildman–Crippen MR) is 89.0 cm³/mol. The Morgan fingerprint density at radius 1 is 1.26 bits per heavy atom. The highest BCUT2D eigenvalue weighted by Gasteiger charge is 2.30. The molecule has 0 saturated carbocycles. The van der Waals surface area contributed by atoms with Crippen LogP contribution in [0.1, 0.15) is 37.3 Å². The topological polar surface area (TPSA) is 48.0 Å². The second-order valence-corrected chi connectivity index (χ2v) is 5.82. The number of benzene rings is 1. The molecule has 1 saturated heterocycles. The molecule has 0 N–H and O–H groups in total. The molecule has 0 aliphatic carbocycles. The SMILES string of the molecule is CCOC(=O)[C@H]1CCCCN1Cc1ccc(OC)c(C)c1OC. The smallest absolute Gasteiger partial charge is 0.323 e. The van der Waals surface area contributed by atoms with Gasteiger partial charge in [-0.15, -0.1) is 0 Å². The Labute approximate surface area is 138 Å². The first kappa shape index (κ1) is 17.6. The van der Waals surface area contributed by atoms with Crippen LogP contribution in [0, 0.1) is 6.92 Å². The van der Waals surface area contributed by atoms with Crippen LogP contribution in [0.4, 0.5) is 0 Å². The minimum absolute atomic E-state index is 0.114. The first-order chi connectivity index (χ1) is 11.1. The summed E-state index contributed by atoms with van der Waals surface area (Å²) in [7, 11) is 3.33. The number of hydrogen-bond donors (Lipinski definition) is 0. The van der Waals surface area contributed by atoms with E-state index in [1.807, 2.05) is 26.0 Å². The average Bonchev–Trinajstić information content (AvgIpc) is 2.56. The van der Waals surface area contributed by atoms with E-state index in [1.165, 1.54) is 0 Å². The molecule has 23 heavy (non-hydrogen) atoms. The number of hydrogen-bond acceptors (Lipinski definition) is 5. The molecule has 0 aromatic heterocycles. The highest BCUT2D eigenvalue weighted by molar-refractivity contribution is 5.75. The van der Waals surface area contributed by atoms with Crippen molar-refractivity contribution >= 4 is 5.97 Å². The largest absolute Gasteiger partial charge is 0.496 e. The number of ether oxygens (including phenoxy) is 3. The summed E-state index contributed by atoms with van der Waals surface area (Å²) in [6.45, 7) is 5.84. The molecule has 1 aliphatic rings. The van der Waals surface area contributed by atoms with Crippen LogP contribution in [0.15, 0.2) is 12.1 Å². The molecule has 2 rings (SSSR count). The zero-order valence-electron chi connectivity index (χ0n) is 14.6. The maximum absolute atomic E-state index is 12.2. The molecule has 1 fully saturated rings. The van der Waals surface area contributed by atoms with Crippen molar-refractivity contribution in [1.29, 1.82) is 0 Å². The van der Waals surface area contributed by atoms with E-state index in [0.717, 1.165) is 48.4 Å². The third kappa shape index (κ3) is 3.96. The molecule has 1 heterocycles. The number of methoxy groups -OCH3 is 2. The van der Waals surface area contributed by atoms with Crippen LogP contribution in [0.2, 0.25) is 0 Å². The maximum Gasteiger partial charge on any atom is 0.323 e. The Bertz CT molecular complexity index is 544. The Hall–Kier alpha value is -1.75. The molecule has 0 bridgehead atoms.